The minimum absolute atomic E-state index is 0.309. The number of aliphatic hydroxyl groups is 1. The van der Waals surface area contributed by atoms with Crippen LogP contribution in [0.2, 0.25) is 0 Å². The highest BCUT2D eigenvalue weighted by molar-refractivity contribution is 5.74. The third-order valence-corrected chi connectivity index (χ3v) is 4.30. The minimum atomic E-state index is -3.02. The molecule has 0 aromatic heterocycles. The van der Waals surface area contributed by atoms with E-state index in [9.17, 15) is 18.7 Å². The fourth-order valence-corrected chi connectivity index (χ4v) is 2.79. The molecule has 0 aliphatic carbocycles. The Morgan fingerprint density at radius 3 is 2.22 bits per heavy atom. The molecule has 0 bridgehead atoms. The molecule has 3 nitrogen and oxygen atoms in total. The first-order chi connectivity index (χ1) is 10.8. The van der Waals surface area contributed by atoms with Crippen LogP contribution in [0.3, 0.4) is 0 Å². The Labute approximate surface area is 136 Å². The van der Waals surface area contributed by atoms with Crippen LogP contribution < -0.4 is 0 Å². The highest BCUT2D eigenvalue weighted by Crippen LogP contribution is 2.40. The van der Waals surface area contributed by atoms with Crippen molar-refractivity contribution in [1.82, 2.24) is 0 Å². The van der Waals surface area contributed by atoms with E-state index in [1.54, 1.807) is 26.0 Å². The van der Waals surface area contributed by atoms with Crippen molar-refractivity contribution in [2.24, 2.45) is 11.8 Å². The van der Waals surface area contributed by atoms with Crippen molar-refractivity contribution in [2.45, 2.75) is 52.1 Å². The van der Waals surface area contributed by atoms with E-state index in [4.69, 9.17) is 0 Å². The maximum atomic E-state index is 13.5. The van der Waals surface area contributed by atoms with Gasteiger partial charge in [-0.15, -0.1) is 0 Å². The van der Waals surface area contributed by atoms with Crippen molar-refractivity contribution in [1.29, 1.82) is 0 Å². The molecule has 0 heterocycles. The molecular formula is C18H26F2O3. The minimum Gasteiger partial charge on any atom is -0.469 e. The highest BCUT2D eigenvalue weighted by Gasteiger charge is 2.51. The molecule has 130 valence electrons. The van der Waals surface area contributed by atoms with Crippen LogP contribution in [-0.2, 0) is 21.6 Å². The monoisotopic (exact) mass is 328 g/mol. The second-order valence-electron chi connectivity index (χ2n) is 6.12. The van der Waals surface area contributed by atoms with Gasteiger partial charge < -0.3 is 9.84 Å². The Balaban J connectivity index is 3.24. The van der Waals surface area contributed by atoms with E-state index in [2.05, 4.69) is 11.7 Å². The molecule has 0 aliphatic heterocycles. The van der Waals surface area contributed by atoms with Crippen LogP contribution in [-0.4, -0.2) is 24.6 Å². The van der Waals surface area contributed by atoms with Gasteiger partial charge in [0.15, 0.2) is 5.92 Å². The summed E-state index contributed by atoms with van der Waals surface area (Å²) in [5.74, 6) is -3.61. The molecule has 2 atom stereocenters. The predicted molar refractivity (Wildman–Crippen MR) is 85.3 cm³/mol. The number of carbonyl (C=O) groups excluding carboxylic acids is 1. The summed E-state index contributed by atoms with van der Waals surface area (Å²) in [6, 6.07) is 6.89. The number of rotatable bonds is 8. The average Bonchev–Trinajstić information content (AvgIpc) is 2.52. The molecule has 0 saturated heterocycles. The number of methoxy groups -OCH3 is 1. The molecule has 5 heteroatoms. The summed E-state index contributed by atoms with van der Waals surface area (Å²) >= 11 is 0. The van der Waals surface area contributed by atoms with Crippen LogP contribution in [0.4, 0.5) is 8.78 Å². The van der Waals surface area contributed by atoms with Crippen molar-refractivity contribution < 1.29 is 23.4 Å². The molecule has 23 heavy (non-hydrogen) atoms. The Morgan fingerprint density at radius 1 is 1.26 bits per heavy atom. The first-order valence-corrected chi connectivity index (χ1v) is 7.96. The third-order valence-electron chi connectivity index (χ3n) is 4.30. The number of unbranched alkanes of at least 4 members (excludes halogenated alkanes) is 1. The number of esters is 1. The van der Waals surface area contributed by atoms with Crippen LogP contribution in [0.1, 0.15) is 44.7 Å². The zero-order valence-corrected chi connectivity index (χ0v) is 14.2. The van der Waals surface area contributed by atoms with Gasteiger partial charge in [-0.25, -0.2) is 8.78 Å². The highest BCUT2D eigenvalue weighted by atomic mass is 19.3. The van der Waals surface area contributed by atoms with Gasteiger partial charge in [0.05, 0.1) is 7.11 Å². The van der Waals surface area contributed by atoms with Crippen LogP contribution in [0.15, 0.2) is 24.3 Å². The Bertz CT molecular complexity index is 499. The molecule has 1 N–H and O–H groups in total. The van der Waals surface area contributed by atoms with E-state index >= 15 is 0 Å². The first-order valence-electron chi connectivity index (χ1n) is 7.96. The van der Waals surface area contributed by atoms with Gasteiger partial charge >= 0.3 is 5.97 Å². The van der Waals surface area contributed by atoms with Gasteiger partial charge in [0.25, 0.3) is 6.43 Å². The largest absolute Gasteiger partial charge is 0.469 e. The van der Waals surface area contributed by atoms with Gasteiger partial charge in [-0.1, -0.05) is 51.5 Å². The first kappa shape index (κ1) is 19.6. The molecule has 0 radical (unpaired) electrons. The van der Waals surface area contributed by atoms with Gasteiger partial charge in [0.2, 0.25) is 0 Å². The molecule has 2 unspecified atom stereocenters. The fourth-order valence-electron chi connectivity index (χ4n) is 2.79. The van der Waals surface area contributed by atoms with Gasteiger partial charge in [0, 0.05) is 0 Å². The quantitative estimate of drug-likeness (QED) is 0.736. The number of hydrogen-bond donors (Lipinski definition) is 1. The zero-order valence-electron chi connectivity index (χ0n) is 14.2. The molecule has 0 saturated carbocycles. The average molecular weight is 328 g/mol. The van der Waals surface area contributed by atoms with Gasteiger partial charge in [0.1, 0.15) is 5.60 Å². The standard InChI is InChI=1S/C18H26F2O3/c1-5-6-7-13-8-10-14(11-9-13)18(22,12(2)3)15(16(19)20)17(21)23-4/h8-12,15-16,22H,5-7H2,1-4H3. The van der Waals surface area contributed by atoms with E-state index in [-0.39, 0.29) is 0 Å². The second kappa shape index (κ2) is 8.39. The summed E-state index contributed by atoms with van der Waals surface area (Å²) in [6.07, 6.45) is -0.0236. The second-order valence-corrected chi connectivity index (χ2v) is 6.12. The van der Waals surface area contributed by atoms with Crippen molar-refractivity contribution in [3.63, 3.8) is 0 Å². The summed E-state index contributed by atoms with van der Waals surface area (Å²) in [7, 11) is 1.05. The molecule has 1 aromatic rings. The van der Waals surface area contributed by atoms with Crippen molar-refractivity contribution in [3.05, 3.63) is 35.4 Å². The van der Waals surface area contributed by atoms with Crippen LogP contribution in [0.5, 0.6) is 0 Å². The molecular weight excluding hydrogens is 302 g/mol. The number of halogens is 2. The molecule has 0 spiro atoms. The maximum absolute atomic E-state index is 13.5. The summed E-state index contributed by atoms with van der Waals surface area (Å²) < 4.78 is 31.4. The number of benzene rings is 1. The smallest absolute Gasteiger partial charge is 0.317 e. The molecule has 0 amide bonds. The number of ether oxygens (including phenoxy) is 1. The van der Waals surface area contributed by atoms with Crippen LogP contribution in [0, 0.1) is 11.8 Å². The lowest BCUT2D eigenvalue weighted by Crippen LogP contribution is -2.48. The van der Waals surface area contributed by atoms with Gasteiger partial charge in [-0.05, 0) is 29.9 Å². The normalized spacial score (nSPS) is 15.5. The van der Waals surface area contributed by atoms with E-state index in [1.807, 2.05) is 12.1 Å². The van der Waals surface area contributed by atoms with E-state index < -0.39 is 29.8 Å². The van der Waals surface area contributed by atoms with Crippen LogP contribution >= 0.6 is 0 Å². The lowest BCUT2D eigenvalue weighted by atomic mass is 9.73. The molecule has 0 aliphatic rings. The third kappa shape index (κ3) is 4.28. The zero-order chi connectivity index (χ0) is 17.6. The van der Waals surface area contributed by atoms with E-state index in [0.717, 1.165) is 31.9 Å². The summed E-state index contributed by atoms with van der Waals surface area (Å²) in [5, 5.41) is 11.0. The van der Waals surface area contributed by atoms with E-state index in [0.29, 0.717) is 5.56 Å². The van der Waals surface area contributed by atoms with Crippen molar-refractivity contribution in [3.8, 4) is 0 Å². The molecule has 1 aromatic carbocycles. The Morgan fingerprint density at radius 2 is 1.83 bits per heavy atom. The number of aryl methyl sites for hydroxylation is 1. The fraction of sp³-hybridized carbons (Fsp3) is 0.611. The predicted octanol–water partition coefficient (Wildman–Crippen LogP) is 3.93. The summed E-state index contributed by atoms with van der Waals surface area (Å²) in [5.41, 5.74) is -0.596. The van der Waals surface area contributed by atoms with E-state index in [1.165, 1.54) is 0 Å². The van der Waals surface area contributed by atoms with Gasteiger partial charge in [-0.3, -0.25) is 4.79 Å². The lowest BCUT2D eigenvalue weighted by molar-refractivity contribution is -0.176. The number of carbonyl (C=O) groups is 1. The summed E-state index contributed by atoms with van der Waals surface area (Å²) in [6.45, 7) is 5.32. The number of hydrogen-bond acceptors (Lipinski definition) is 3. The maximum Gasteiger partial charge on any atom is 0.317 e. The van der Waals surface area contributed by atoms with Crippen LogP contribution in [0.25, 0.3) is 0 Å². The SMILES string of the molecule is CCCCc1ccc(C(O)(C(C)C)C(C(=O)OC)C(F)F)cc1. The topological polar surface area (TPSA) is 46.5 Å². The summed E-state index contributed by atoms with van der Waals surface area (Å²) in [4.78, 5) is 11.8. The van der Waals surface area contributed by atoms with Crippen molar-refractivity contribution in [2.75, 3.05) is 7.11 Å². The Kier molecular flexibility index (Phi) is 7.13. The Hall–Kier alpha value is -1.49. The molecule has 1 rings (SSSR count). The van der Waals surface area contributed by atoms with Crippen molar-refractivity contribution >= 4 is 5.97 Å². The lowest BCUT2D eigenvalue weighted by Gasteiger charge is -2.38. The van der Waals surface area contributed by atoms with Gasteiger partial charge in [-0.2, -0.15) is 0 Å². The molecule has 0 fully saturated rings. The number of alkyl halides is 2.